The first-order chi connectivity index (χ1) is 32.6. The Hall–Kier alpha value is -7.34. The average molecular weight is 875 g/mol. The molecule has 0 bridgehead atoms. The van der Waals surface area contributed by atoms with Gasteiger partial charge in [0.25, 0.3) is 0 Å². The molecular weight excluding hydrogens is 825 g/mol. The summed E-state index contributed by atoms with van der Waals surface area (Å²) < 4.78 is 33.6. The molecule has 5 aromatic carbocycles. The molecule has 0 saturated heterocycles. The summed E-state index contributed by atoms with van der Waals surface area (Å²) in [7, 11) is 0. The van der Waals surface area contributed by atoms with Gasteiger partial charge in [-0.05, 0) is 78.9 Å². The fourth-order valence-corrected chi connectivity index (χ4v) is 7.67. The third-order valence-corrected chi connectivity index (χ3v) is 11.0. The van der Waals surface area contributed by atoms with Gasteiger partial charge < -0.3 is 28.4 Å². The molecule has 9 aromatic rings. The molecule has 0 fully saturated rings. The highest BCUT2D eigenvalue weighted by Gasteiger charge is 2.13. The number of fused-ring (bicyclic) bond motifs is 6. The van der Waals surface area contributed by atoms with Crippen molar-refractivity contribution in [3.8, 4) is 56.5 Å². The van der Waals surface area contributed by atoms with E-state index in [2.05, 4.69) is 98.1 Å². The highest BCUT2D eigenvalue weighted by atomic mass is 16.5. The molecule has 0 aliphatic carbocycles. The predicted octanol–water partition coefficient (Wildman–Crippen LogP) is 11.7. The maximum absolute atomic E-state index is 5.90. The van der Waals surface area contributed by atoms with Crippen molar-refractivity contribution < 1.29 is 28.4 Å². The van der Waals surface area contributed by atoms with Gasteiger partial charge in [0.2, 0.25) is 0 Å². The molecule has 0 unspecified atom stereocenters. The van der Waals surface area contributed by atoms with E-state index in [-0.39, 0.29) is 0 Å². The third-order valence-electron chi connectivity index (χ3n) is 11.0. The summed E-state index contributed by atoms with van der Waals surface area (Å²) in [6.45, 7) is 12.3. The first kappa shape index (κ1) is 43.9. The molecule has 0 radical (unpaired) electrons. The minimum Gasteiger partial charge on any atom is -0.491 e. The number of hydrogen-bond acceptors (Lipinski definition) is 10. The molecule has 0 amide bonds. The van der Waals surface area contributed by atoms with Gasteiger partial charge in [-0.3, -0.25) is 0 Å². The van der Waals surface area contributed by atoms with Gasteiger partial charge in [-0.15, -0.1) is 13.2 Å². The van der Waals surface area contributed by atoms with Crippen molar-refractivity contribution in [2.75, 3.05) is 66.1 Å². The van der Waals surface area contributed by atoms with Gasteiger partial charge in [-0.25, -0.2) is 19.9 Å². The van der Waals surface area contributed by atoms with Gasteiger partial charge in [0.15, 0.2) is 0 Å². The molecule has 66 heavy (non-hydrogen) atoms. The minimum absolute atomic E-state index is 0.451. The summed E-state index contributed by atoms with van der Waals surface area (Å²) in [5.41, 5.74) is 10.8. The summed E-state index contributed by atoms with van der Waals surface area (Å²) in [5, 5.41) is 4.09. The van der Waals surface area contributed by atoms with Crippen LogP contribution in [0.2, 0.25) is 0 Å². The lowest BCUT2D eigenvalue weighted by Crippen LogP contribution is -2.10. The molecule has 330 valence electrons. The minimum atomic E-state index is 0.451. The van der Waals surface area contributed by atoms with Crippen LogP contribution >= 0.6 is 0 Å². The van der Waals surface area contributed by atoms with Crippen LogP contribution in [0, 0.1) is 0 Å². The van der Waals surface area contributed by atoms with E-state index >= 15 is 0 Å². The molecule has 4 heterocycles. The zero-order chi connectivity index (χ0) is 44.9. The normalized spacial score (nSPS) is 11.4. The van der Waals surface area contributed by atoms with Crippen molar-refractivity contribution in [2.45, 2.75) is 0 Å². The first-order valence-corrected chi connectivity index (χ1v) is 22.1. The Labute approximate surface area is 384 Å². The fourth-order valence-electron chi connectivity index (χ4n) is 7.67. The molecular formula is C56H50N4O6. The number of ether oxygens (including phenoxy) is 6. The largest absolute Gasteiger partial charge is 0.491 e. The number of hydrogen-bond donors (Lipinski definition) is 0. The molecule has 0 atom stereocenters. The summed E-state index contributed by atoms with van der Waals surface area (Å²) >= 11 is 0. The second kappa shape index (κ2) is 21.6. The van der Waals surface area contributed by atoms with Crippen molar-refractivity contribution in [3.05, 3.63) is 171 Å². The van der Waals surface area contributed by atoms with Crippen molar-refractivity contribution in [1.29, 1.82) is 0 Å². The number of benzene rings is 5. The molecule has 10 heteroatoms. The van der Waals surface area contributed by atoms with Crippen molar-refractivity contribution in [1.82, 2.24) is 19.9 Å². The summed E-state index contributed by atoms with van der Waals surface area (Å²) in [4.78, 5) is 20.8. The second-order valence-electron chi connectivity index (χ2n) is 15.5. The van der Waals surface area contributed by atoms with E-state index in [0.29, 0.717) is 66.1 Å². The summed E-state index contributed by atoms with van der Waals surface area (Å²) in [5.74, 6) is 1.54. The van der Waals surface area contributed by atoms with Crippen LogP contribution in [0.1, 0.15) is 0 Å². The maximum Gasteiger partial charge on any atom is 0.119 e. The zero-order valence-electron chi connectivity index (χ0n) is 36.7. The second-order valence-corrected chi connectivity index (χ2v) is 15.5. The van der Waals surface area contributed by atoms with Crippen LogP contribution in [-0.2, 0) is 18.9 Å². The van der Waals surface area contributed by atoms with E-state index in [1.807, 2.05) is 60.7 Å². The van der Waals surface area contributed by atoms with Crippen LogP contribution in [0.5, 0.6) is 11.5 Å². The van der Waals surface area contributed by atoms with Crippen LogP contribution in [0.25, 0.3) is 88.6 Å². The van der Waals surface area contributed by atoms with Gasteiger partial charge in [0, 0.05) is 43.8 Å². The molecule has 0 saturated carbocycles. The number of nitrogens with zero attached hydrogens (tertiary/aromatic N) is 4. The van der Waals surface area contributed by atoms with Crippen LogP contribution in [0.15, 0.2) is 171 Å². The topological polar surface area (TPSA) is 107 Å². The molecule has 10 nitrogen and oxygen atoms in total. The molecule has 0 aliphatic rings. The van der Waals surface area contributed by atoms with Crippen LogP contribution in [0.3, 0.4) is 0 Å². The highest BCUT2D eigenvalue weighted by molar-refractivity contribution is 6.05. The Bertz CT molecular complexity index is 2900. The Morgan fingerprint density at radius 1 is 0.333 bits per heavy atom. The van der Waals surface area contributed by atoms with E-state index in [1.165, 1.54) is 0 Å². The molecule has 0 aliphatic heterocycles. The molecule has 0 spiro atoms. The predicted molar refractivity (Wildman–Crippen MR) is 264 cm³/mol. The Kier molecular flexibility index (Phi) is 14.3. The Morgan fingerprint density at radius 2 is 0.652 bits per heavy atom. The summed E-state index contributed by atoms with van der Waals surface area (Å²) in [6, 6.07) is 49.4. The van der Waals surface area contributed by atoms with Gasteiger partial charge in [-0.2, -0.15) is 0 Å². The number of rotatable bonds is 22. The molecule has 0 N–H and O–H groups in total. The fraction of sp³-hybridized carbons (Fsp3) is 0.179. The quantitative estimate of drug-likeness (QED) is 0.0371. The molecule has 9 rings (SSSR count). The monoisotopic (exact) mass is 874 g/mol. The lowest BCUT2D eigenvalue weighted by atomic mass is 10.0. The van der Waals surface area contributed by atoms with Gasteiger partial charge in [0.05, 0.1) is 97.7 Å². The SMILES string of the molecule is C=CCOCCOCCOc1ccc(-c2ccc3ccc4ccc(-c5cccc(-c6ccc7ccc8ccc(-c9ccc(OCCOCCOCC=C)cc9)nc8c7n6)c5)nc4c3n2)cc1. The number of pyridine rings is 4. The lowest BCUT2D eigenvalue weighted by Gasteiger charge is -2.11. The van der Waals surface area contributed by atoms with Gasteiger partial charge in [-0.1, -0.05) is 78.9 Å². The van der Waals surface area contributed by atoms with Crippen molar-refractivity contribution in [2.24, 2.45) is 0 Å². The summed E-state index contributed by atoms with van der Waals surface area (Å²) in [6.07, 6.45) is 3.44. The van der Waals surface area contributed by atoms with E-state index in [9.17, 15) is 0 Å². The van der Waals surface area contributed by atoms with E-state index in [1.54, 1.807) is 12.2 Å². The van der Waals surface area contributed by atoms with E-state index in [0.717, 1.165) is 100 Å². The average Bonchev–Trinajstić information content (AvgIpc) is 3.37. The Morgan fingerprint density at radius 3 is 1.02 bits per heavy atom. The van der Waals surface area contributed by atoms with Crippen LogP contribution in [-0.4, -0.2) is 86.0 Å². The Balaban J connectivity index is 0.916. The smallest absolute Gasteiger partial charge is 0.119 e. The molecule has 4 aromatic heterocycles. The van der Waals surface area contributed by atoms with Gasteiger partial charge >= 0.3 is 0 Å². The zero-order valence-corrected chi connectivity index (χ0v) is 36.7. The van der Waals surface area contributed by atoms with E-state index < -0.39 is 0 Å². The van der Waals surface area contributed by atoms with Gasteiger partial charge in [0.1, 0.15) is 24.7 Å². The van der Waals surface area contributed by atoms with Crippen molar-refractivity contribution in [3.63, 3.8) is 0 Å². The highest BCUT2D eigenvalue weighted by Crippen LogP contribution is 2.33. The van der Waals surface area contributed by atoms with Crippen LogP contribution in [0.4, 0.5) is 0 Å². The first-order valence-electron chi connectivity index (χ1n) is 22.1. The van der Waals surface area contributed by atoms with Crippen LogP contribution < -0.4 is 9.47 Å². The lowest BCUT2D eigenvalue weighted by molar-refractivity contribution is 0.0449. The van der Waals surface area contributed by atoms with Crippen molar-refractivity contribution >= 4 is 43.6 Å². The standard InChI is InChI=1S/C56H50N4O6/c1-3-28-61-30-32-63-34-36-65-47-20-12-39(13-21-47)49-24-16-41-8-10-43-18-26-51(59-55(43)53(41)57-49)45-6-5-7-46(38-45)52-27-19-44-11-9-42-17-25-50(58-54(42)56(44)60-52)40-14-22-48(23-15-40)66-37-35-64-33-31-62-29-4-2/h3-27,38H,1-2,28-37H2. The third kappa shape index (κ3) is 10.6. The maximum atomic E-state index is 5.90. The van der Waals surface area contributed by atoms with E-state index in [4.69, 9.17) is 48.4 Å². The number of aromatic nitrogens is 4.